The van der Waals surface area contributed by atoms with Crippen molar-refractivity contribution < 1.29 is 9.18 Å². The maximum Gasteiger partial charge on any atom is 0.130 e. The van der Waals surface area contributed by atoms with Crippen molar-refractivity contribution in [3.05, 3.63) is 24.1 Å². The smallest absolute Gasteiger partial charge is 0.130 e. The fourth-order valence-electron chi connectivity index (χ4n) is 2.77. The molecular weight excluding hydrogens is 191 g/mol. The Balaban J connectivity index is 2.15. The van der Waals surface area contributed by atoms with Crippen molar-refractivity contribution in [1.82, 2.24) is 0 Å². The van der Waals surface area contributed by atoms with Gasteiger partial charge in [-0.05, 0) is 37.3 Å². The summed E-state index contributed by atoms with van der Waals surface area (Å²) < 4.78 is 12.9. The average molecular weight is 208 g/mol. The van der Waals surface area contributed by atoms with Gasteiger partial charge in [-0.1, -0.05) is 25.3 Å². The van der Waals surface area contributed by atoms with E-state index in [4.69, 9.17) is 0 Å². The van der Waals surface area contributed by atoms with Crippen LogP contribution in [0.15, 0.2) is 24.1 Å². The van der Waals surface area contributed by atoms with Crippen LogP contribution in [0.25, 0.3) is 0 Å². The molecule has 0 aromatic rings. The predicted molar refractivity (Wildman–Crippen MR) is 58.0 cm³/mol. The summed E-state index contributed by atoms with van der Waals surface area (Å²) in [7, 11) is 0. The van der Waals surface area contributed by atoms with Gasteiger partial charge in [0.05, 0.1) is 5.41 Å². The lowest BCUT2D eigenvalue weighted by Crippen LogP contribution is -2.32. The molecular formula is C13H17FO. The Bertz CT molecular complexity index is 300. The number of hydrogen-bond acceptors (Lipinski definition) is 1. The molecule has 0 heterocycles. The molecule has 0 radical (unpaired) electrons. The Hall–Kier alpha value is -0.920. The van der Waals surface area contributed by atoms with Crippen LogP contribution in [-0.4, -0.2) is 6.29 Å². The third kappa shape index (κ3) is 2.04. The molecule has 2 aliphatic carbocycles. The summed E-state index contributed by atoms with van der Waals surface area (Å²) in [6.45, 7) is 0. The van der Waals surface area contributed by atoms with Gasteiger partial charge in [0.2, 0.25) is 0 Å². The third-order valence-electron chi connectivity index (χ3n) is 3.79. The van der Waals surface area contributed by atoms with E-state index < -0.39 is 5.41 Å². The number of halogens is 1. The van der Waals surface area contributed by atoms with Crippen molar-refractivity contribution in [3.63, 3.8) is 0 Å². The van der Waals surface area contributed by atoms with Crippen molar-refractivity contribution in [1.29, 1.82) is 0 Å². The number of rotatable bonds is 2. The molecule has 15 heavy (non-hydrogen) atoms. The molecule has 2 heteroatoms. The van der Waals surface area contributed by atoms with E-state index in [0.29, 0.717) is 12.3 Å². The molecule has 1 fully saturated rings. The molecule has 1 saturated carbocycles. The van der Waals surface area contributed by atoms with Gasteiger partial charge in [0.15, 0.2) is 0 Å². The van der Waals surface area contributed by atoms with Crippen molar-refractivity contribution in [2.75, 3.05) is 0 Å². The lowest BCUT2D eigenvalue weighted by Gasteiger charge is -2.36. The number of carbonyl (C=O) groups excluding carboxylic acids is 1. The summed E-state index contributed by atoms with van der Waals surface area (Å²) in [6.07, 6.45) is 12.3. The topological polar surface area (TPSA) is 17.1 Å². The van der Waals surface area contributed by atoms with E-state index in [2.05, 4.69) is 0 Å². The highest BCUT2D eigenvalue weighted by Crippen LogP contribution is 2.43. The van der Waals surface area contributed by atoms with Gasteiger partial charge < -0.3 is 4.79 Å². The summed E-state index contributed by atoms with van der Waals surface area (Å²) >= 11 is 0. The van der Waals surface area contributed by atoms with Gasteiger partial charge >= 0.3 is 0 Å². The van der Waals surface area contributed by atoms with E-state index in [-0.39, 0.29) is 5.83 Å². The molecule has 0 aromatic carbocycles. The summed E-state index contributed by atoms with van der Waals surface area (Å²) in [6, 6.07) is 0. The fraction of sp³-hybridized carbons (Fsp3) is 0.615. The van der Waals surface area contributed by atoms with Crippen molar-refractivity contribution in [3.8, 4) is 0 Å². The van der Waals surface area contributed by atoms with Gasteiger partial charge in [-0.15, -0.1) is 0 Å². The maximum absolute atomic E-state index is 12.9. The van der Waals surface area contributed by atoms with Crippen LogP contribution < -0.4 is 0 Å². The van der Waals surface area contributed by atoms with E-state index in [9.17, 15) is 9.18 Å². The lowest BCUT2D eigenvalue weighted by atomic mass is 9.66. The number of carbonyl (C=O) groups is 1. The molecule has 0 saturated heterocycles. The van der Waals surface area contributed by atoms with Crippen LogP contribution in [0.3, 0.4) is 0 Å². The maximum atomic E-state index is 12.9. The van der Waals surface area contributed by atoms with Crippen LogP contribution in [0.2, 0.25) is 0 Å². The van der Waals surface area contributed by atoms with Gasteiger partial charge in [-0.3, -0.25) is 0 Å². The highest BCUT2D eigenvalue weighted by molar-refractivity contribution is 5.65. The number of hydrogen-bond donors (Lipinski definition) is 0. The standard InChI is InChI=1S/C13H17FO/c14-12-6-8-13(10-15,9-7-12)11-4-2-1-3-5-11/h6-8,10-11H,1-5,9H2. The summed E-state index contributed by atoms with van der Waals surface area (Å²) in [4.78, 5) is 11.3. The molecule has 0 N–H and O–H groups in total. The summed E-state index contributed by atoms with van der Waals surface area (Å²) in [5, 5.41) is 0. The molecule has 0 amide bonds. The zero-order chi connectivity index (χ0) is 10.7. The Labute approximate surface area is 90.1 Å². The third-order valence-corrected chi connectivity index (χ3v) is 3.79. The van der Waals surface area contributed by atoms with Gasteiger partial charge in [0.25, 0.3) is 0 Å². The van der Waals surface area contributed by atoms with Gasteiger partial charge in [0, 0.05) is 0 Å². The van der Waals surface area contributed by atoms with E-state index in [0.717, 1.165) is 19.1 Å². The molecule has 0 aliphatic heterocycles. The second kappa shape index (κ2) is 4.30. The second-order valence-electron chi connectivity index (χ2n) is 4.69. The molecule has 2 aliphatic rings. The van der Waals surface area contributed by atoms with Gasteiger partial charge in [-0.2, -0.15) is 0 Å². The Morgan fingerprint density at radius 3 is 2.60 bits per heavy atom. The minimum Gasteiger partial charge on any atom is -0.302 e. The normalized spacial score (nSPS) is 32.5. The van der Waals surface area contributed by atoms with E-state index in [1.807, 2.05) is 0 Å². The minimum atomic E-state index is -0.407. The Morgan fingerprint density at radius 1 is 1.33 bits per heavy atom. The first kappa shape index (κ1) is 10.6. The van der Waals surface area contributed by atoms with Crippen LogP contribution in [0, 0.1) is 11.3 Å². The minimum absolute atomic E-state index is 0.205. The SMILES string of the molecule is O=CC1(C2CCCCC2)C=CC(F)=CC1. The van der Waals surface area contributed by atoms with E-state index >= 15 is 0 Å². The van der Waals surface area contributed by atoms with Crippen LogP contribution in [0.1, 0.15) is 38.5 Å². The van der Waals surface area contributed by atoms with Crippen LogP contribution in [-0.2, 0) is 4.79 Å². The summed E-state index contributed by atoms with van der Waals surface area (Å²) in [5.74, 6) is 0.215. The molecule has 0 spiro atoms. The monoisotopic (exact) mass is 208 g/mol. The van der Waals surface area contributed by atoms with Gasteiger partial charge in [0.1, 0.15) is 12.1 Å². The zero-order valence-electron chi connectivity index (χ0n) is 8.92. The van der Waals surface area contributed by atoms with Crippen LogP contribution >= 0.6 is 0 Å². The molecule has 1 nitrogen and oxygen atoms in total. The molecule has 1 unspecified atom stereocenters. The largest absolute Gasteiger partial charge is 0.302 e. The van der Waals surface area contributed by atoms with Crippen molar-refractivity contribution in [2.24, 2.45) is 11.3 Å². The zero-order valence-corrected chi connectivity index (χ0v) is 8.92. The van der Waals surface area contributed by atoms with Crippen molar-refractivity contribution in [2.45, 2.75) is 38.5 Å². The fourth-order valence-corrected chi connectivity index (χ4v) is 2.77. The number of aldehydes is 1. The van der Waals surface area contributed by atoms with Gasteiger partial charge in [-0.25, -0.2) is 4.39 Å². The highest BCUT2D eigenvalue weighted by Gasteiger charge is 2.37. The quantitative estimate of drug-likeness (QED) is 0.634. The first-order valence-electron chi connectivity index (χ1n) is 5.78. The Kier molecular flexibility index (Phi) is 3.03. The highest BCUT2D eigenvalue weighted by atomic mass is 19.1. The average Bonchev–Trinajstić information content (AvgIpc) is 2.32. The van der Waals surface area contributed by atoms with Crippen LogP contribution in [0.5, 0.6) is 0 Å². The number of allylic oxidation sites excluding steroid dienone is 4. The second-order valence-corrected chi connectivity index (χ2v) is 4.69. The van der Waals surface area contributed by atoms with E-state index in [1.165, 1.54) is 25.3 Å². The van der Waals surface area contributed by atoms with E-state index in [1.54, 1.807) is 12.2 Å². The molecule has 82 valence electrons. The first-order valence-corrected chi connectivity index (χ1v) is 5.78. The molecule has 2 rings (SSSR count). The summed E-state index contributed by atoms with van der Waals surface area (Å²) in [5.41, 5.74) is -0.407. The predicted octanol–water partition coefficient (Wildman–Crippen LogP) is 3.57. The van der Waals surface area contributed by atoms with Crippen LogP contribution in [0.4, 0.5) is 4.39 Å². The molecule has 0 bridgehead atoms. The lowest BCUT2D eigenvalue weighted by molar-refractivity contribution is -0.116. The Morgan fingerprint density at radius 2 is 2.07 bits per heavy atom. The molecule has 1 atom stereocenters. The molecule has 0 aromatic heterocycles. The van der Waals surface area contributed by atoms with Crippen molar-refractivity contribution >= 4 is 6.29 Å². The first-order chi connectivity index (χ1) is 7.27.